The van der Waals surface area contributed by atoms with Crippen LogP contribution in [-0.2, 0) is 12.4 Å². The number of nitrogens with zero attached hydrogens (tertiary/aromatic N) is 4. The summed E-state index contributed by atoms with van der Waals surface area (Å²) < 4.78 is 7.73. The minimum Gasteiger partial charge on any atom is -0.488 e. The van der Waals surface area contributed by atoms with Crippen LogP contribution in [0, 0.1) is 6.92 Å². The van der Waals surface area contributed by atoms with Gasteiger partial charge in [0.05, 0.1) is 6.21 Å². The molecule has 0 amide bonds. The third-order valence-electron chi connectivity index (χ3n) is 4.61. The van der Waals surface area contributed by atoms with Crippen LogP contribution in [0.25, 0.3) is 0 Å². The van der Waals surface area contributed by atoms with Crippen LogP contribution in [0.15, 0.2) is 83.1 Å². The zero-order valence-electron chi connectivity index (χ0n) is 17.3. The van der Waals surface area contributed by atoms with Crippen LogP contribution in [0.2, 0.25) is 10.0 Å². The summed E-state index contributed by atoms with van der Waals surface area (Å²) in [5, 5.41) is 14.9. The first-order valence-corrected chi connectivity index (χ1v) is 11.6. The Morgan fingerprint density at radius 2 is 1.78 bits per heavy atom. The maximum Gasteiger partial charge on any atom is 0.212 e. The predicted molar refractivity (Wildman–Crippen MR) is 131 cm³/mol. The van der Waals surface area contributed by atoms with E-state index in [1.165, 1.54) is 11.8 Å². The second-order valence-corrected chi connectivity index (χ2v) is 8.71. The molecule has 0 saturated carbocycles. The maximum absolute atomic E-state index is 6.29. The van der Waals surface area contributed by atoms with Crippen LogP contribution >= 0.6 is 35.0 Å². The molecule has 0 N–H and O–H groups in total. The van der Waals surface area contributed by atoms with E-state index in [4.69, 9.17) is 27.9 Å². The summed E-state index contributed by atoms with van der Waals surface area (Å²) in [4.78, 5) is 0. The normalized spacial score (nSPS) is 11.2. The number of hydrogen-bond donors (Lipinski definition) is 0. The van der Waals surface area contributed by atoms with Gasteiger partial charge in [0, 0.05) is 21.4 Å². The number of aryl methyl sites for hydroxylation is 1. The van der Waals surface area contributed by atoms with E-state index in [0.29, 0.717) is 33.4 Å². The van der Waals surface area contributed by atoms with Crippen LogP contribution < -0.4 is 4.74 Å². The van der Waals surface area contributed by atoms with Crippen LogP contribution in [0.4, 0.5) is 0 Å². The molecule has 0 radical (unpaired) electrons. The highest BCUT2D eigenvalue weighted by molar-refractivity contribution is 7.98. The number of thioether (sulfide) groups is 1. The van der Waals surface area contributed by atoms with Crippen molar-refractivity contribution in [2.75, 3.05) is 0 Å². The summed E-state index contributed by atoms with van der Waals surface area (Å²) in [5.74, 6) is 2.07. The average molecular weight is 483 g/mol. The second-order valence-electron chi connectivity index (χ2n) is 6.92. The van der Waals surface area contributed by atoms with Gasteiger partial charge in [0.25, 0.3) is 0 Å². The Hall–Kier alpha value is -2.80. The van der Waals surface area contributed by atoms with Crippen molar-refractivity contribution < 1.29 is 4.74 Å². The van der Waals surface area contributed by atoms with E-state index in [1.54, 1.807) is 17.0 Å². The molecule has 4 aromatic rings. The minimum absolute atomic E-state index is 0.486. The largest absolute Gasteiger partial charge is 0.488 e. The van der Waals surface area contributed by atoms with Crippen LogP contribution in [0.5, 0.6) is 5.75 Å². The zero-order chi connectivity index (χ0) is 22.3. The minimum atomic E-state index is 0.486. The third kappa shape index (κ3) is 5.71. The summed E-state index contributed by atoms with van der Waals surface area (Å²) in [6, 6.07) is 23.3. The van der Waals surface area contributed by atoms with Gasteiger partial charge in [0.2, 0.25) is 5.16 Å². The fourth-order valence-corrected chi connectivity index (χ4v) is 4.41. The molecular formula is C24H20Cl2N4OS. The first-order valence-electron chi connectivity index (χ1n) is 9.89. The Bertz CT molecular complexity index is 1230. The van der Waals surface area contributed by atoms with Crippen molar-refractivity contribution in [2.45, 2.75) is 24.4 Å². The van der Waals surface area contributed by atoms with E-state index in [2.05, 4.69) is 15.3 Å². The highest BCUT2D eigenvalue weighted by Gasteiger charge is 2.11. The van der Waals surface area contributed by atoms with Gasteiger partial charge >= 0.3 is 0 Å². The molecule has 0 aliphatic heterocycles. The Morgan fingerprint density at radius 3 is 2.59 bits per heavy atom. The number of halogens is 2. The molecule has 0 unspecified atom stereocenters. The van der Waals surface area contributed by atoms with Gasteiger partial charge < -0.3 is 4.74 Å². The van der Waals surface area contributed by atoms with Gasteiger partial charge in [-0.25, -0.2) is 0 Å². The monoisotopic (exact) mass is 482 g/mol. The van der Waals surface area contributed by atoms with Crippen molar-refractivity contribution in [3.05, 3.63) is 105 Å². The molecule has 3 aromatic carbocycles. The lowest BCUT2D eigenvalue weighted by Crippen LogP contribution is -2.00. The summed E-state index contributed by atoms with van der Waals surface area (Å²) in [6.45, 7) is 2.35. The smallest absolute Gasteiger partial charge is 0.212 e. The van der Waals surface area contributed by atoms with E-state index < -0.39 is 0 Å². The topological polar surface area (TPSA) is 52.3 Å². The fourth-order valence-electron chi connectivity index (χ4n) is 2.92. The molecular weight excluding hydrogens is 463 g/mol. The standard InChI is InChI=1S/C24H20Cl2N4OS/c1-17-28-29-24(32-16-20-11-12-21(25)13-22(20)26)30(17)27-14-19-9-5-6-10-23(19)31-15-18-7-3-2-4-8-18/h2-14H,15-16H2,1H3/b27-14+. The Kier molecular flexibility index (Phi) is 7.47. The molecule has 1 aromatic heterocycles. The molecule has 0 fully saturated rings. The van der Waals surface area contributed by atoms with Crippen molar-refractivity contribution >= 4 is 41.2 Å². The number of benzene rings is 3. The fraction of sp³-hybridized carbons (Fsp3) is 0.125. The van der Waals surface area contributed by atoms with Crippen molar-refractivity contribution in [2.24, 2.45) is 5.10 Å². The van der Waals surface area contributed by atoms with E-state index >= 15 is 0 Å². The number of aromatic nitrogens is 3. The number of rotatable bonds is 8. The van der Waals surface area contributed by atoms with Crippen LogP contribution in [0.3, 0.4) is 0 Å². The van der Waals surface area contributed by atoms with Crippen LogP contribution in [0.1, 0.15) is 22.5 Å². The highest BCUT2D eigenvalue weighted by Crippen LogP contribution is 2.28. The third-order valence-corrected chi connectivity index (χ3v) is 6.16. The highest BCUT2D eigenvalue weighted by atomic mass is 35.5. The lowest BCUT2D eigenvalue weighted by atomic mass is 10.2. The van der Waals surface area contributed by atoms with Crippen molar-refractivity contribution in [3.63, 3.8) is 0 Å². The number of para-hydroxylation sites is 1. The molecule has 4 rings (SSSR count). The quantitative estimate of drug-likeness (QED) is 0.208. The summed E-state index contributed by atoms with van der Waals surface area (Å²) in [5.41, 5.74) is 2.94. The molecule has 0 aliphatic carbocycles. The van der Waals surface area contributed by atoms with Crippen molar-refractivity contribution in [1.29, 1.82) is 0 Å². The lowest BCUT2D eigenvalue weighted by molar-refractivity contribution is 0.306. The summed E-state index contributed by atoms with van der Waals surface area (Å²) in [7, 11) is 0. The van der Waals surface area contributed by atoms with Crippen LogP contribution in [-0.4, -0.2) is 21.1 Å². The van der Waals surface area contributed by atoms with Crippen molar-refractivity contribution in [3.8, 4) is 5.75 Å². The molecule has 0 aliphatic rings. The van der Waals surface area contributed by atoms with Gasteiger partial charge in [-0.3, -0.25) is 0 Å². The van der Waals surface area contributed by atoms with Crippen molar-refractivity contribution in [1.82, 2.24) is 14.9 Å². The Morgan fingerprint density at radius 1 is 1.00 bits per heavy atom. The van der Waals surface area contributed by atoms with Gasteiger partial charge in [-0.2, -0.15) is 9.78 Å². The number of ether oxygens (including phenoxy) is 1. The van der Waals surface area contributed by atoms with E-state index in [-0.39, 0.29) is 0 Å². The van der Waals surface area contributed by atoms with Gasteiger partial charge in [0.15, 0.2) is 5.82 Å². The predicted octanol–water partition coefficient (Wildman–Crippen LogP) is 6.65. The molecule has 32 heavy (non-hydrogen) atoms. The van der Waals surface area contributed by atoms with Gasteiger partial charge in [0.1, 0.15) is 12.4 Å². The lowest BCUT2D eigenvalue weighted by Gasteiger charge is -2.09. The Balaban J connectivity index is 1.49. The molecule has 0 spiro atoms. The molecule has 0 atom stereocenters. The molecule has 0 bridgehead atoms. The summed E-state index contributed by atoms with van der Waals surface area (Å²) in [6.07, 6.45) is 1.76. The zero-order valence-corrected chi connectivity index (χ0v) is 19.6. The van der Waals surface area contributed by atoms with Gasteiger partial charge in [-0.15, -0.1) is 10.2 Å². The molecule has 8 heteroatoms. The van der Waals surface area contributed by atoms with Gasteiger partial charge in [-0.05, 0) is 42.3 Å². The van der Waals surface area contributed by atoms with Gasteiger partial charge in [-0.1, -0.05) is 83.5 Å². The van der Waals surface area contributed by atoms with E-state index in [1.807, 2.05) is 73.7 Å². The second kappa shape index (κ2) is 10.7. The Labute approximate surface area is 201 Å². The van der Waals surface area contributed by atoms with E-state index in [9.17, 15) is 0 Å². The first-order chi connectivity index (χ1) is 15.6. The molecule has 162 valence electrons. The van der Waals surface area contributed by atoms with E-state index in [0.717, 1.165) is 22.4 Å². The molecule has 1 heterocycles. The first kappa shape index (κ1) is 22.4. The molecule has 5 nitrogen and oxygen atoms in total. The number of hydrogen-bond acceptors (Lipinski definition) is 5. The molecule has 0 saturated heterocycles. The SMILES string of the molecule is Cc1nnc(SCc2ccc(Cl)cc2Cl)n1/N=C/c1ccccc1OCc1ccccc1. The summed E-state index contributed by atoms with van der Waals surface area (Å²) >= 11 is 13.8. The maximum atomic E-state index is 6.29. The average Bonchev–Trinajstić information content (AvgIpc) is 3.16.